The van der Waals surface area contributed by atoms with Gasteiger partial charge in [0.1, 0.15) is 0 Å². The van der Waals surface area contributed by atoms with Gasteiger partial charge in [0, 0.05) is 64.2 Å². The number of piperazine rings is 1. The zero-order chi connectivity index (χ0) is 19.2. The Balaban J connectivity index is 1.40. The summed E-state index contributed by atoms with van der Waals surface area (Å²) in [5.41, 5.74) is 1.14. The van der Waals surface area contributed by atoms with Crippen molar-refractivity contribution >= 4 is 23.2 Å². The molecule has 0 aromatic carbocycles. The van der Waals surface area contributed by atoms with E-state index >= 15 is 0 Å². The zero-order valence-electron chi connectivity index (χ0n) is 16.8. The third kappa shape index (κ3) is 5.42. The molecule has 0 bridgehead atoms. The van der Waals surface area contributed by atoms with Gasteiger partial charge in [0.05, 0.1) is 17.2 Å². The van der Waals surface area contributed by atoms with Gasteiger partial charge in [-0.3, -0.25) is 14.7 Å². The molecule has 1 aromatic heterocycles. The van der Waals surface area contributed by atoms with Crippen molar-refractivity contribution in [2.75, 3.05) is 59.4 Å². The minimum Gasteiger partial charge on any atom is -0.356 e. The molecule has 0 spiro atoms. The van der Waals surface area contributed by atoms with Crippen molar-refractivity contribution in [1.29, 1.82) is 0 Å². The summed E-state index contributed by atoms with van der Waals surface area (Å²) in [6.45, 7) is 11.1. The van der Waals surface area contributed by atoms with Gasteiger partial charge in [-0.05, 0) is 26.7 Å². The van der Waals surface area contributed by atoms with Gasteiger partial charge < -0.3 is 15.1 Å². The first kappa shape index (κ1) is 20.1. The third-order valence-electron chi connectivity index (χ3n) is 5.34. The fourth-order valence-electron chi connectivity index (χ4n) is 3.80. The Hall–Kier alpha value is -1.67. The summed E-state index contributed by atoms with van der Waals surface area (Å²) in [7, 11) is 1.84. The summed E-state index contributed by atoms with van der Waals surface area (Å²) in [6, 6.07) is 0. The van der Waals surface area contributed by atoms with Crippen LogP contribution < -0.4 is 5.32 Å². The Morgan fingerprint density at radius 2 is 1.81 bits per heavy atom. The molecule has 2 aliphatic heterocycles. The molecule has 0 atom stereocenters. The van der Waals surface area contributed by atoms with Gasteiger partial charge >= 0.3 is 0 Å². The van der Waals surface area contributed by atoms with E-state index in [-0.39, 0.29) is 0 Å². The van der Waals surface area contributed by atoms with Gasteiger partial charge in [-0.25, -0.2) is 4.98 Å². The van der Waals surface area contributed by atoms with E-state index in [0.29, 0.717) is 12.5 Å². The van der Waals surface area contributed by atoms with Gasteiger partial charge in [0.2, 0.25) is 5.91 Å². The maximum Gasteiger partial charge on any atom is 0.236 e. The fourth-order valence-corrected chi connectivity index (χ4v) is 4.74. The number of aryl methyl sites for hydroxylation is 2. The van der Waals surface area contributed by atoms with Crippen LogP contribution >= 0.6 is 11.3 Å². The molecular weight excluding hydrogens is 360 g/mol. The predicted octanol–water partition coefficient (Wildman–Crippen LogP) is 1.12. The zero-order valence-corrected chi connectivity index (χ0v) is 17.6. The molecule has 0 unspecified atom stereocenters. The number of nitrogens with zero attached hydrogens (tertiary/aromatic N) is 5. The number of thiazole rings is 1. The normalized spacial score (nSPS) is 19.0. The molecule has 3 rings (SSSR count). The highest BCUT2D eigenvalue weighted by Gasteiger charge is 2.24. The molecular formula is C19H32N6OS. The van der Waals surface area contributed by atoms with E-state index in [4.69, 9.17) is 0 Å². The first-order chi connectivity index (χ1) is 13.1. The highest BCUT2D eigenvalue weighted by molar-refractivity contribution is 7.11. The van der Waals surface area contributed by atoms with Crippen LogP contribution in [0.15, 0.2) is 4.99 Å². The van der Waals surface area contributed by atoms with Crippen molar-refractivity contribution in [2.24, 2.45) is 4.99 Å². The highest BCUT2D eigenvalue weighted by Crippen LogP contribution is 2.17. The summed E-state index contributed by atoms with van der Waals surface area (Å²) in [5.74, 6) is 1.25. The van der Waals surface area contributed by atoms with Crippen LogP contribution in [0.4, 0.5) is 0 Å². The number of nitrogens with one attached hydrogen (secondary N) is 1. The quantitative estimate of drug-likeness (QED) is 0.601. The summed E-state index contributed by atoms with van der Waals surface area (Å²) in [4.78, 5) is 29.2. The van der Waals surface area contributed by atoms with Crippen LogP contribution in [-0.4, -0.2) is 91.0 Å². The monoisotopic (exact) mass is 392 g/mol. The van der Waals surface area contributed by atoms with E-state index in [0.717, 1.165) is 81.7 Å². The number of rotatable bonds is 5. The lowest BCUT2D eigenvalue weighted by atomic mass is 10.3. The Kier molecular flexibility index (Phi) is 7.07. The average molecular weight is 393 g/mol. The van der Waals surface area contributed by atoms with Gasteiger partial charge in [0.15, 0.2) is 5.96 Å². The molecule has 0 saturated carbocycles. The molecule has 1 aromatic rings. The van der Waals surface area contributed by atoms with Crippen LogP contribution in [0, 0.1) is 13.8 Å². The minimum absolute atomic E-state index is 0.290. The van der Waals surface area contributed by atoms with Crippen molar-refractivity contribution < 1.29 is 4.79 Å². The lowest BCUT2D eigenvalue weighted by Gasteiger charge is -2.36. The van der Waals surface area contributed by atoms with Crippen LogP contribution in [0.25, 0.3) is 0 Å². The maximum atomic E-state index is 12.3. The molecule has 2 aliphatic rings. The molecule has 7 nitrogen and oxygen atoms in total. The summed E-state index contributed by atoms with van der Waals surface area (Å²) >= 11 is 1.78. The third-order valence-corrected chi connectivity index (χ3v) is 6.47. The second-order valence-corrected chi connectivity index (χ2v) is 8.60. The summed E-state index contributed by atoms with van der Waals surface area (Å²) in [5, 5.41) is 4.62. The topological polar surface area (TPSA) is 64.1 Å². The number of carbonyl (C=O) groups excluding carboxylic acids is 1. The molecule has 1 N–H and O–H groups in total. The summed E-state index contributed by atoms with van der Waals surface area (Å²) in [6.07, 6.45) is 3.28. The van der Waals surface area contributed by atoms with Crippen molar-refractivity contribution in [3.05, 3.63) is 15.6 Å². The van der Waals surface area contributed by atoms with E-state index in [1.54, 1.807) is 11.3 Å². The lowest BCUT2D eigenvalue weighted by molar-refractivity contribution is -0.131. The molecule has 27 heavy (non-hydrogen) atoms. The number of hydrogen-bond acceptors (Lipinski definition) is 5. The number of likely N-dealkylation sites (tertiary alicyclic amines) is 1. The van der Waals surface area contributed by atoms with Gasteiger partial charge in [-0.15, -0.1) is 11.3 Å². The number of amides is 1. The smallest absolute Gasteiger partial charge is 0.236 e. The lowest BCUT2D eigenvalue weighted by Crippen LogP contribution is -2.54. The number of aromatic nitrogens is 1. The van der Waals surface area contributed by atoms with Crippen molar-refractivity contribution in [1.82, 2.24) is 25.0 Å². The second-order valence-electron chi connectivity index (χ2n) is 7.32. The molecule has 8 heteroatoms. The molecule has 0 aliphatic carbocycles. The van der Waals surface area contributed by atoms with E-state index in [1.165, 1.54) is 4.88 Å². The SMILES string of the molecule is CN=C(NCCc1sc(C)nc1C)N1CCN(CC(=O)N2CCCC2)CC1. The Morgan fingerprint density at radius 1 is 1.11 bits per heavy atom. The Morgan fingerprint density at radius 3 is 2.41 bits per heavy atom. The van der Waals surface area contributed by atoms with E-state index in [9.17, 15) is 4.79 Å². The average Bonchev–Trinajstić information content (AvgIpc) is 3.30. The first-order valence-corrected chi connectivity index (χ1v) is 10.8. The van der Waals surface area contributed by atoms with Gasteiger partial charge in [-0.2, -0.15) is 0 Å². The number of carbonyl (C=O) groups is 1. The maximum absolute atomic E-state index is 12.3. The summed E-state index contributed by atoms with van der Waals surface area (Å²) < 4.78 is 0. The molecule has 1 amide bonds. The predicted molar refractivity (Wildman–Crippen MR) is 110 cm³/mol. The Bertz CT molecular complexity index is 659. The van der Waals surface area contributed by atoms with Crippen LogP contribution in [0.5, 0.6) is 0 Å². The molecule has 2 saturated heterocycles. The molecule has 150 valence electrons. The van der Waals surface area contributed by atoms with Crippen molar-refractivity contribution in [3.8, 4) is 0 Å². The van der Waals surface area contributed by atoms with E-state index in [1.807, 2.05) is 11.9 Å². The van der Waals surface area contributed by atoms with Crippen LogP contribution in [-0.2, 0) is 11.2 Å². The van der Waals surface area contributed by atoms with Crippen molar-refractivity contribution in [3.63, 3.8) is 0 Å². The molecule has 2 fully saturated rings. The van der Waals surface area contributed by atoms with Crippen LogP contribution in [0.3, 0.4) is 0 Å². The van der Waals surface area contributed by atoms with E-state index < -0.39 is 0 Å². The van der Waals surface area contributed by atoms with Crippen molar-refractivity contribution in [2.45, 2.75) is 33.1 Å². The number of aliphatic imine (C=N–C) groups is 1. The number of hydrogen-bond donors (Lipinski definition) is 1. The standard InChI is InChI=1S/C19H32N6OS/c1-15-17(27-16(2)22-15)6-7-21-19(20-3)25-12-10-23(11-13-25)14-18(26)24-8-4-5-9-24/h4-14H2,1-3H3,(H,20,21). The van der Waals surface area contributed by atoms with Gasteiger partial charge in [0.25, 0.3) is 0 Å². The minimum atomic E-state index is 0.290. The van der Waals surface area contributed by atoms with Crippen LogP contribution in [0.1, 0.15) is 28.4 Å². The Labute approximate surface area is 166 Å². The largest absolute Gasteiger partial charge is 0.356 e. The first-order valence-electron chi connectivity index (χ1n) is 9.95. The number of guanidine groups is 1. The van der Waals surface area contributed by atoms with Gasteiger partial charge in [-0.1, -0.05) is 0 Å². The second kappa shape index (κ2) is 9.50. The fraction of sp³-hybridized carbons (Fsp3) is 0.737. The highest BCUT2D eigenvalue weighted by atomic mass is 32.1. The molecule has 3 heterocycles. The molecule has 0 radical (unpaired) electrons. The van der Waals surface area contributed by atoms with Crippen LogP contribution in [0.2, 0.25) is 0 Å². The van der Waals surface area contributed by atoms with E-state index in [2.05, 4.69) is 38.9 Å².